The van der Waals surface area contributed by atoms with Crippen LogP contribution in [0, 0.1) is 11.2 Å². The fraction of sp³-hybridized carbons (Fsp3) is 0.125. The Morgan fingerprint density at radius 3 is 2.25 bits per heavy atom. The first-order valence-corrected chi connectivity index (χ1v) is 12.5. The van der Waals surface area contributed by atoms with E-state index in [1.54, 1.807) is 24.3 Å². The molecule has 0 bridgehead atoms. The second-order valence-electron chi connectivity index (χ2n) is 8.11. The number of nitrogen functional groups attached to an aromatic ring is 1. The van der Waals surface area contributed by atoms with Gasteiger partial charge in [-0.05, 0) is 29.3 Å². The van der Waals surface area contributed by atoms with Gasteiger partial charge in [-0.2, -0.15) is 8.42 Å². The van der Waals surface area contributed by atoms with Crippen molar-refractivity contribution in [2.75, 3.05) is 7.05 Å². The number of amidine groups is 1. The predicted molar refractivity (Wildman–Crippen MR) is 136 cm³/mol. The molecule has 3 aromatic carbocycles. The minimum atomic E-state index is -4.39. The molecular weight excluding hydrogens is 509 g/mol. The molecule has 0 saturated carbocycles. The van der Waals surface area contributed by atoms with Crippen molar-refractivity contribution in [3.8, 4) is 0 Å². The second-order valence-corrected chi connectivity index (χ2v) is 10.7. The van der Waals surface area contributed by atoms with Crippen molar-refractivity contribution >= 4 is 45.1 Å². The number of hydrogen-bond donors (Lipinski definition) is 4. The summed E-state index contributed by atoms with van der Waals surface area (Å²) in [6.45, 7) is 0.124. The second kappa shape index (κ2) is 10.4. The van der Waals surface area contributed by atoms with Crippen LogP contribution in [0.4, 0.5) is 14.9 Å². The Balaban J connectivity index is 1.90. The van der Waals surface area contributed by atoms with Crippen molar-refractivity contribution in [3.63, 3.8) is 0 Å². The normalized spacial score (nSPS) is 13.0. The molecule has 3 amide bonds. The van der Waals surface area contributed by atoms with Crippen LogP contribution in [0.3, 0.4) is 0 Å². The van der Waals surface area contributed by atoms with Gasteiger partial charge in [0.1, 0.15) is 17.4 Å². The molecule has 0 aliphatic carbocycles. The Morgan fingerprint density at radius 1 is 1.00 bits per heavy atom. The van der Waals surface area contributed by atoms with Gasteiger partial charge in [-0.3, -0.25) is 10.2 Å². The number of hydrogen-bond acceptors (Lipinski definition) is 5. The van der Waals surface area contributed by atoms with Crippen molar-refractivity contribution in [2.24, 2.45) is 11.5 Å². The molecule has 0 heterocycles. The Bertz CT molecular complexity index is 1450. The van der Waals surface area contributed by atoms with Crippen LogP contribution in [0.2, 0.25) is 5.02 Å². The minimum Gasteiger partial charge on any atom is -0.384 e. The van der Waals surface area contributed by atoms with Gasteiger partial charge < -0.3 is 16.8 Å². The number of nitrogens with two attached hydrogens (primary N) is 2. The number of nitrogens with one attached hydrogen (secondary N) is 2. The zero-order valence-electron chi connectivity index (χ0n) is 19.2. The van der Waals surface area contributed by atoms with Gasteiger partial charge in [0, 0.05) is 34.8 Å². The number of carbonyl (C=O) groups is 2. The zero-order valence-corrected chi connectivity index (χ0v) is 20.7. The molecule has 1 unspecified atom stereocenters. The molecule has 0 saturated heterocycles. The van der Waals surface area contributed by atoms with E-state index in [1.807, 2.05) is 0 Å². The lowest BCUT2D eigenvalue weighted by molar-refractivity contribution is 0.0950. The van der Waals surface area contributed by atoms with E-state index in [4.69, 9.17) is 28.5 Å². The van der Waals surface area contributed by atoms with E-state index in [2.05, 4.69) is 5.32 Å². The number of sulfonamides is 1. The molecule has 0 fully saturated rings. The summed E-state index contributed by atoms with van der Waals surface area (Å²) in [5.41, 5.74) is 12.2. The highest BCUT2D eigenvalue weighted by Gasteiger charge is 2.46. The third kappa shape index (κ3) is 5.70. The van der Waals surface area contributed by atoms with Crippen molar-refractivity contribution in [1.29, 1.82) is 5.41 Å². The number of carbonyl (C=O) groups excluding carboxylic acids is 2. The Kier molecular flexibility index (Phi) is 7.77. The summed E-state index contributed by atoms with van der Waals surface area (Å²) in [6, 6.07) is 14.2. The number of halogens is 2. The first-order valence-electron chi connectivity index (χ1n) is 10.5. The third-order valence-electron chi connectivity index (χ3n) is 5.57. The van der Waals surface area contributed by atoms with Crippen LogP contribution < -0.4 is 20.7 Å². The quantitative estimate of drug-likeness (QED) is 0.199. The van der Waals surface area contributed by atoms with Crippen LogP contribution in [0.15, 0.2) is 66.7 Å². The van der Waals surface area contributed by atoms with Gasteiger partial charge in [-0.15, -0.1) is 3.89 Å². The van der Waals surface area contributed by atoms with E-state index in [-0.39, 0.29) is 34.2 Å². The monoisotopic (exact) mass is 532 g/mol. The van der Waals surface area contributed by atoms with Crippen LogP contribution in [0.5, 0.6) is 0 Å². The van der Waals surface area contributed by atoms with Crippen LogP contribution in [-0.4, -0.2) is 33.2 Å². The summed E-state index contributed by atoms with van der Waals surface area (Å²) in [5, 5.41) is 10.1. The molecule has 3 rings (SSSR count). The number of quaternary nitrogens is 1. The van der Waals surface area contributed by atoms with Crippen LogP contribution in [0.1, 0.15) is 27.0 Å². The van der Waals surface area contributed by atoms with E-state index in [0.29, 0.717) is 5.56 Å². The molecule has 0 aliphatic heterocycles. The maximum Gasteiger partial charge on any atom is 0.434 e. The van der Waals surface area contributed by atoms with E-state index >= 15 is 0 Å². The van der Waals surface area contributed by atoms with Gasteiger partial charge in [0.15, 0.2) is 5.69 Å². The summed E-state index contributed by atoms with van der Waals surface area (Å²) in [4.78, 5) is 25.3. The number of nitrogens with zero attached hydrogens (tertiary/aromatic N) is 1. The van der Waals surface area contributed by atoms with E-state index in [0.717, 1.165) is 24.7 Å². The zero-order chi connectivity index (χ0) is 26.7. The van der Waals surface area contributed by atoms with Gasteiger partial charge in [-0.1, -0.05) is 48.0 Å². The van der Waals surface area contributed by atoms with Crippen molar-refractivity contribution in [2.45, 2.75) is 12.3 Å². The first kappa shape index (κ1) is 26.8. The number of benzene rings is 3. The number of rotatable bonds is 8. The smallest absolute Gasteiger partial charge is 0.384 e. The lowest BCUT2D eigenvalue weighted by Crippen LogP contribution is -2.58. The SMILES string of the molecule is C[N+](C(N)=O)(c1cc(Cl)cc(C(=O)NCc2ccc(C(=N)N)cc2)c1)S(=O)(=O)Cc1cccc(F)c1. The molecule has 3 aromatic rings. The van der Waals surface area contributed by atoms with Crippen molar-refractivity contribution in [1.82, 2.24) is 9.21 Å². The number of urea groups is 1. The van der Waals surface area contributed by atoms with Crippen LogP contribution >= 0.6 is 11.6 Å². The Labute approximate surface area is 212 Å². The van der Waals surface area contributed by atoms with Gasteiger partial charge >= 0.3 is 16.1 Å². The molecule has 0 radical (unpaired) electrons. The molecular formula is C24H24ClFN5O4S+. The highest BCUT2D eigenvalue weighted by atomic mass is 35.5. The summed E-state index contributed by atoms with van der Waals surface area (Å²) >= 11 is 6.18. The van der Waals surface area contributed by atoms with Crippen LogP contribution in [-0.2, 0) is 22.3 Å². The topological polar surface area (TPSA) is 156 Å². The lowest BCUT2D eigenvalue weighted by atomic mass is 10.1. The van der Waals surface area contributed by atoms with E-state index < -0.39 is 37.4 Å². The summed E-state index contributed by atoms with van der Waals surface area (Å²) in [7, 11) is -3.32. The molecule has 0 aliphatic rings. The fourth-order valence-corrected chi connectivity index (χ4v) is 5.22. The molecule has 9 nitrogen and oxygen atoms in total. The average molecular weight is 533 g/mol. The van der Waals surface area contributed by atoms with Crippen molar-refractivity contribution < 1.29 is 22.4 Å². The molecule has 1 atom stereocenters. The highest BCUT2D eigenvalue weighted by molar-refractivity contribution is 7.90. The van der Waals surface area contributed by atoms with Gasteiger partial charge in [0.05, 0.1) is 7.05 Å². The number of primary amides is 1. The summed E-state index contributed by atoms with van der Waals surface area (Å²) in [6.07, 6.45) is 0. The molecule has 0 spiro atoms. The lowest BCUT2D eigenvalue weighted by Gasteiger charge is -2.28. The average Bonchev–Trinajstić information content (AvgIpc) is 2.81. The summed E-state index contributed by atoms with van der Waals surface area (Å²) < 4.78 is 38.9. The summed E-state index contributed by atoms with van der Waals surface area (Å²) in [5.74, 6) is -1.98. The van der Waals surface area contributed by atoms with Crippen molar-refractivity contribution in [3.05, 3.63) is 99.8 Å². The van der Waals surface area contributed by atoms with E-state index in [9.17, 15) is 22.4 Å². The molecule has 12 heteroatoms. The Morgan fingerprint density at radius 2 is 1.67 bits per heavy atom. The molecule has 36 heavy (non-hydrogen) atoms. The first-order chi connectivity index (χ1) is 16.8. The fourth-order valence-electron chi connectivity index (χ4n) is 3.43. The maximum absolute atomic E-state index is 13.6. The number of amides is 3. The molecule has 188 valence electrons. The van der Waals surface area contributed by atoms with Gasteiger partial charge in [-0.25, -0.2) is 9.18 Å². The molecule has 0 aromatic heterocycles. The van der Waals surface area contributed by atoms with Crippen LogP contribution in [0.25, 0.3) is 0 Å². The molecule has 6 N–H and O–H groups in total. The maximum atomic E-state index is 13.6. The van der Waals surface area contributed by atoms with Gasteiger partial charge in [0.2, 0.25) is 0 Å². The largest absolute Gasteiger partial charge is 0.434 e. The predicted octanol–water partition coefficient (Wildman–Crippen LogP) is 3.24. The highest BCUT2D eigenvalue weighted by Crippen LogP contribution is 2.32. The standard InChI is InChI=1S/C24H23ClFN5O4S/c1-31(24(29)33,36(34,35)14-16-3-2-4-20(26)9-16)21-11-18(10-19(25)12-21)23(32)30-13-15-5-7-17(8-6-15)22(27)28/h2-12H,13-14H2,1H3,(H5-,27,28,29,30,32,33)/p+1. The minimum absolute atomic E-state index is 0.00408. The third-order valence-corrected chi connectivity index (χ3v) is 7.99. The van der Waals surface area contributed by atoms with Gasteiger partial charge in [0.25, 0.3) is 5.91 Å². The Hall–Kier alpha value is -3.80. The van der Waals surface area contributed by atoms with E-state index in [1.165, 1.54) is 30.3 Å².